The van der Waals surface area contributed by atoms with Crippen molar-refractivity contribution in [2.45, 2.75) is 50.6 Å². The summed E-state index contributed by atoms with van der Waals surface area (Å²) in [5, 5.41) is 3.83. The molecule has 1 aliphatic heterocycles. The molecule has 0 aromatic rings. The SMILES string of the molecule is C#CCN(C)CC1CCC2CCCCC2N1. The van der Waals surface area contributed by atoms with Gasteiger partial charge in [-0.05, 0) is 38.6 Å². The number of nitrogens with zero attached hydrogens (tertiary/aromatic N) is 1. The maximum Gasteiger partial charge on any atom is 0.0596 e. The summed E-state index contributed by atoms with van der Waals surface area (Å²) in [7, 11) is 2.12. The second kappa shape index (κ2) is 5.70. The third-order valence-electron chi connectivity index (χ3n) is 4.14. The number of likely N-dealkylation sites (N-methyl/N-ethyl adjacent to an activating group) is 1. The maximum atomic E-state index is 5.33. The van der Waals surface area contributed by atoms with Gasteiger partial charge in [0.1, 0.15) is 0 Å². The van der Waals surface area contributed by atoms with Gasteiger partial charge in [-0.1, -0.05) is 18.8 Å². The van der Waals surface area contributed by atoms with Crippen molar-refractivity contribution in [3.05, 3.63) is 0 Å². The second-order valence-electron chi connectivity index (χ2n) is 5.49. The Morgan fingerprint density at radius 2 is 2.06 bits per heavy atom. The van der Waals surface area contributed by atoms with E-state index in [4.69, 9.17) is 6.42 Å². The number of hydrogen-bond donors (Lipinski definition) is 1. The average Bonchev–Trinajstić information content (AvgIpc) is 2.29. The summed E-state index contributed by atoms with van der Waals surface area (Å²) in [4.78, 5) is 2.25. The second-order valence-corrected chi connectivity index (χ2v) is 5.49. The number of hydrogen-bond acceptors (Lipinski definition) is 2. The standard InChI is InChI=1S/C14H24N2/c1-3-10-16(2)11-13-9-8-12-6-4-5-7-14(12)15-13/h1,12-15H,4-11H2,2H3. The molecular weight excluding hydrogens is 196 g/mol. The molecule has 0 bridgehead atoms. The lowest BCUT2D eigenvalue weighted by atomic mass is 9.78. The highest BCUT2D eigenvalue weighted by Crippen LogP contribution is 2.32. The lowest BCUT2D eigenvalue weighted by Gasteiger charge is -2.41. The fraction of sp³-hybridized carbons (Fsp3) is 0.857. The van der Waals surface area contributed by atoms with Crippen LogP contribution < -0.4 is 5.32 Å². The van der Waals surface area contributed by atoms with Crippen molar-refractivity contribution in [1.29, 1.82) is 0 Å². The molecule has 0 aromatic heterocycles. The molecule has 1 saturated carbocycles. The Hall–Kier alpha value is -0.520. The highest BCUT2D eigenvalue weighted by atomic mass is 15.1. The van der Waals surface area contributed by atoms with Crippen molar-refractivity contribution in [3.8, 4) is 12.3 Å². The third-order valence-corrected chi connectivity index (χ3v) is 4.14. The van der Waals surface area contributed by atoms with Crippen LogP contribution in [0.25, 0.3) is 0 Å². The summed E-state index contributed by atoms with van der Waals surface area (Å²) in [6.45, 7) is 1.87. The molecule has 1 saturated heterocycles. The van der Waals surface area contributed by atoms with Gasteiger partial charge < -0.3 is 5.32 Å². The van der Waals surface area contributed by atoms with Gasteiger partial charge in [0.05, 0.1) is 6.54 Å². The Kier molecular flexibility index (Phi) is 4.26. The van der Waals surface area contributed by atoms with Crippen molar-refractivity contribution >= 4 is 0 Å². The highest BCUT2D eigenvalue weighted by molar-refractivity contribution is 4.92. The van der Waals surface area contributed by atoms with Crippen LogP contribution in [0, 0.1) is 18.3 Å². The largest absolute Gasteiger partial charge is 0.310 e. The minimum atomic E-state index is 0.665. The van der Waals surface area contributed by atoms with Gasteiger partial charge in [-0.15, -0.1) is 6.42 Å². The van der Waals surface area contributed by atoms with E-state index < -0.39 is 0 Å². The number of rotatable bonds is 3. The molecule has 0 radical (unpaired) electrons. The zero-order chi connectivity index (χ0) is 11.4. The van der Waals surface area contributed by atoms with Crippen molar-refractivity contribution in [2.24, 2.45) is 5.92 Å². The molecule has 2 aliphatic rings. The summed E-state index contributed by atoms with van der Waals surface area (Å²) < 4.78 is 0. The average molecular weight is 220 g/mol. The molecule has 1 N–H and O–H groups in total. The number of terminal acetylenes is 1. The lowest BCUT2D eigenvalue weighted by molar-refractivity contribution is 0.156. The van der Waals surface area contributed by atoms with E-state index in [2.05, 4.69) is 23.2 Å². The van der Waals surface area contributed by atoms with Gasteiger partial charge in [-0.3, -0.25) is 4.90 Å². The molecule has 0 spiro atoms. The van der Waals surface area contributed by atoms with Gasteiger partial charge in [0.25, 0.3) is 0 Å². The van der Waals surface area contributed by atoms with Gasteiger partial charge in [0, 0.05) is 18.6 Å². The minimum Gasteiger partial charge on any atom is -0.310 e. The maximum absolute atomic E-state index is 5.33. The molecule has 0 aromatic carbocycles. The van der Waals surface area contributed by atoms with E-state index in [1.54, 1.807) is 0 Å². The first kappa shape index (κ1) is 12.0. The molecule has 90 valence electrons. The van der Waals surface area contributed by atoms with Crippen molar-refractivity contribution in [3.63, 3.8) is 0 Å². The molecule has 1 heterocycles. The van der Waals surface area contributed by atoms with E-state index in [0.717, 1.165) is 25.0 Å². The molecule has 1 aliphatic carbocycles. The Morgan fingerprint density at radius 3 is 2.88 bits per heavy atom. The van der Waals surface area contributed by atoms with Crippen molar-refractivity contribution in [1.82, 2.24) is 10.2 Å². The van der Waals surface area contributed by atoms with Crippen LogP contribution in [0.4, 0.5) is 0 Å². The van der Waals surface area contributed by atoms with Crippen molar-refractivity contribution < 1.29 is 0 Å². The summed E-state index contributed by atoms with van der Waals surface area (Å²) in [5.41, 5.74) is 0. The molecular formula is C14H24N2. The lowest BCUT2D eigenvalue weighted by Crippen LogP contribution is -2.52. The zero-order valence-corrected chi connectivity index (χ0v) is 10.4. The van der Waals surface area contributed by atoms with Gasteiger partial charge in [0.2, 0.25) is 0 Å². The van der Waals surface area contributed by atoms with Crippen LogP contribution in [0.2, 0.25) is 0 Å². The smallest absolute Gasteiger partial charge is 0.0596 e. The normalized spacial score (nSPS) is 34.4. The molecule has 0 amide bonds. The van der Waals surface area contributed by atoms with E-state index in [1.165, 1.54) is 38.5 Å². The van der Waals surface area contributed by atoms with Crippen molar-refractivity contribution in [2.75, 3.05) is 20.1 Å². The highest BCUT2D eigenvalue weighted by Gasteiger charge is 2.31. The molecule has 2 rings (SSSR count). The summed E-state index contributed by atoms with van der Waals surface area (Å²) >= 11 is 0. The third kappa shape index (κ3) is 2.99. The molecule has 16 heavy (non-hydrogen) atoms. The van der Waals surface area contributed by atoms with Gasteiger partial charge in [0.15, 0.2) is 0 Å². The zero-order valence-electron chi connectivity index (χ0n) is 10.4. The quantitative estimate of drug-likeness (QED) is 0.730. The minimum absolute atomic E-state index is 0.665. The monoisotopic (exact) mass is 220 g/mol. The number of nitrogens with one attached hydrogen (secondary N) is 1. The van der Waals surface area contributed by atoms with Crippen LogP contribution in [0.3, 0.4) is 0 Å². The Labute approximate surface area is 99.8 Å². The predicted molar refractivity (Wildman–Crippen MR) is 68.2 cm³/mol. The molecule has 2 fully saturated rings. The predicted octanol–water partition coefficient (Wildman–Crippen LogP) is 1.86. The first-order valence-corrected chi connectivity index (χ1v) is 6.67. The molecule has 2 nitrogen and oxygen atoms in total. The molecule has 3 unspecified atom stereocenters. The molecule has 3 atom stereocenters. The van der Waals surface area contributed by atoms with Crippen LogP contribution in [-0.2, 0) is 0 Å². The van der Waals surface area contributed by atoms with Gasteiger partial charge in [-0.2, -0.15) is 0 Å². The van der Waals surface area contributed by atoms with E-state index in [9.17, 15) is 0 Å². The van der Waals surface area contributed by atoms with Gasteiger partial charge in [-0.25, -0.2) is 0 Å². The topological polar surface area (TPSA) is 15.3 Å². The fourth-order valence-corrected chi connectivity index (χ4v) is 3.31. The van der Waals surface area contributed by atoms with Crippen LogP contribution in [0.15, 0.2) is 0 Å². The fourth-order valence-electron chi connectivity index (χ4n) is 3.31. The van der Waals surface area contributed by atoms with Gasteiger partial charge >= 0.3 is 0 Å². The van der Waals surface area contributed by atoms with E-state index in [-0.39, 0.29) is 0 Å². The Bertz CT molecular complexity index is 256. The Balaban J connectivity index is 1.79. The van der Waals surface area contributed by atoms with Crippen LogP contribution in [-0.4, -0.2) is 37.1 Å². The van der Waals surface area contributed by atoms with E-state index in [0.29, 0.717) is 6.04 Å². The first-order chi connectivity index (χ1) is 7.79. The summed E-state index contributed by atoms with van der Waals surface area (Å²) in [6.07, 6.45) is 13.8. The van der Waals surface area contributed by atoms with Crippen LogP contribution in [0.5, 0.6) is 0 Å². The number of piperidine rings is 1. The Morgan fingerprint density at radius 1 is 1.25 bits per heavy atom. The van der Waals surface area contributed by atoms with Crippen LogP contribution in [0.1, 0.15) is 38.5 Å². The van der Waals surface area contributed by atoms with E-state index >= 15 is 0 Å². The summed E-state index contributed by atoms with van der Waals surface area (Å²) in [6, 6.07) is 1.46. The molecule has 2 heteroatoms. The summed E-state index contributed by atoms with van der Waals surface area (Å²) in [5.74, 6) is 3.67. The first-order valence-electron chi connectivity index (χ1n) is 6.67. The van der Waals surface area contributed by atoms with Crippen LogP contribution >= 0.6 is 0 Å². The number of fused-ring (bicyclic) bond motifs is 1. The van der Waals surface area contributed by atoms with E-state index in [1.807, 2.05) is 0 Å².